The van der Waals surface area contributed by atoms with Crippen molar-refractivity contribution in [3.8, 4) is 11.8 Å². The molecule has 1 aliphatic carbocycles. The molecule has 1 saturated carbocycles. The van der Waals surface area contributed by atoms with Gasteiger partial charge in [0.15, 0.2) is 0 Å². The lowest BCUT2D eigenvalue weighted by atomic mass is 9.89. The molecule has 168 valence electrons. The summed E-state index contributed by atoms with van der Waals surface area (Å²) >= 11 is 0. The topological polar surface area (TPSA) is 83.4 Å². The molecular weight excluding hydrogens is 431 g/mol. The molecule has 0 amide bonds. The van der Waals surface area contributed by atoms with Gasteiger partial charge in [-0.25, -0.2) is 14.4 Å². The fraction of sp³-hybridized carbons (Fsp3) is 0.222. The first-order chi connectivity index (χ1) is 16.5. The number of aliphatic hydroxyl groups excluding tert-OH is 1. The predicted molar refractivity (Wildman–Crippen MR) is 124 cm³/mol. The minimum absolute atomic E-state index is 0.193. The van der Waals surface area contributed by atoms with Crippen molar-refractivity contribution in [3.05, 3.63) is 99.9 Å². The van der Waals surface area contributed by atoms with Crippen molar-refractivity contribution in [2.45, 2.75) is 38.4 Å². The van der Waals surface area contributed by atoms with Crippen LogP contribution in [0.25, 0.3) is 11.4 Å². The summed E-state index contributed by atoms with van der Waals surface area (Å²) in [6.07, 6.45) is 4.76. The van der Waals surface area contributed by atoms with E-state index in [2.05, 4.69) is 11.1 Å². The van der Waals surface area contributed by atoms with Crippen LogP contribution >= 0.6 is 0 Å². The Bertz CT molecular complexity index is 1530. The average molecular weight is 452 g/mol. The zero-order valence-electron chi connectivity index (χ0n) is 18.5. The highest BCUT2D eigenvalue weighted by Crippen LogP contribution is 2.44. The second-order valence-corrected chi connectivity index (χ2v) is 8.81. The molecular formula is C27H21FN4O2. The Kier molecular flexibility index (Phi) is 4.71. The van der Waals surface area contributed by atoms with Crippen LogP contribution in [0.2, 0.25) is 0 Å². The number of fused-ring (bicyclic) bond motifs is 3. The molecule has 6 rings (SSSR count). The number of ether oxygens (including phenoxy) is 1. The first kappa shape index (κ1) is 20.6. The zero-order valence-corrected chi connectivity index (χ0v) is 18.5. The van der Waals surface area contributed by atoms with Crippen LogP contribution in [0.3, 0.4) is 0 Å². The Morgan fingerprint density at radius 1 is 1.24 bits per heavy atom. The Labute approximate surface area is 195 Å². The maximum absolute atomic E-state index is 13.9. The molecule has 4 aromatic rings. The SMILES string of the molecule is C/C(C#N)=C1/c2ccc(C(O)c3c(C4CC4)nc4ncccn34)cc2COc2cc(F)ccc21. The van der Waals surface area contributed by atoms with Gasteiger partial charge in [-0.1, -0.05) is 12.1 Å². The normalized spacial score (nSPS) is 17.2. The van der Waals surface area contributed by atoms with Crippen molar-refractivity contribution in [1.82, 2.24) is 14.4 Å². The number of hydrogen-bond donors (Lipinski definition) is 1. The lowest BCUT2D eigenvalue weighted by Gasteiger charge is -2.16. The predicted octanol–water partition coefficient (Wildman–Crippen LogP) is 5.07. The van der Waals surface area contributed by atoms with Gasteiger partial charge in [0.05, 0.1) is 17.5 Å². The molecule has 0 radical (unpaired) electrons. The van der Waals surface area contributed by atoms with Gasteiger partial charge in [0.2, 0.25) is 5.78 Å². The molecule has 1 atom stereocenters. The van der Waals surface area contributed by atoms with Gasteiger partial charge in [-0.15, -0.1) is 0 Å². The smallest absolute Gasteiger partial charge is 0.234 e. The van der Waals surface area contributed by atoms with Crippen LogP contribution in [0.5, 0.6) is 5.75 Å². The molecule has 1 fully saturated rings. The number of nitriles is 1. The number of aromatic nitrogens is 3. The molecule has 6 nitrogen and oxygen atoms in total. The molecule has 34 heavy (non-hydrogen) atoms. The molecule has 0 spiro atoms. The molecule has 0 bridgehead atoms. The molecule has 2 aromatic heterocycles. The van der Waals surface area contributed by atoms with E-state index in [1.54, 1.807) is 19.2 Å². The molecule has 0 saturated heterocycles. The van der Waals surface area contributed by atoms with Crippen LogP contribution < -0.4 is 4.74 Å². The third kappa shape index (κ3) is 3.27. The molecule has 7 heteroatoms. The summed E-state index contributed by atoms with van der Waals surface area (Å²) in [4.78, 5) is 9.05. The van der Waals surface area contributed by atoms with Crippen LogP contribution in [0.15, 0.2) is 60.4 Å². The number of rotatable bonds is 3. The summed E-state index contributed by atoms with van der Waals surface area (Å²) in [5.41, 5.74) is 5.87. The maximum atomic E-state index is 13.9. The van der Waals surface area contributed by atoms with Gasteiger partial charge in [0.25, 0.3) is 0 Å². The van der Waals surface area contributed by atoms with Crippen LogP contribution in [-0.2, 0) is 6.61 Å². The standard InChI is InChI=1S/C27H21FN4O2/c1-15(13-29)23-20-7-5-17(11-18(20)14-34-22-12-19(28)6-8-21(22)23)26(33)25-24(16-3-4-16)31-27-30-9-2-10-32(25)27/h2,5-12,16,26,33H,3-4,14H2,1H3/b23-15+. The second kappa shape index (κ2) is 7.79. The zero-order chi connectivity index (χ0) is 23.4. The molecule has 2 aromatic carbocycles. The summed E-state index contributed by atoms with van der Waals surface area (Å²) in [5.74, 6) is 0.909. The van der Waals surface area contributed by atoms with Crippen molar-refractivity contribution >= 4 is 11.4 Å². The van der Waals surface area contributed by atoms with Crippen LogP contribution in [0.1, 0.15) is 65.4 Å². The van der Waals surface area contributed by atoms with Gasteiger partial charge >= 0.3 is 0 Å². The van der Waals surface area contributed by atoms with Crippen molar-refractivity contribution in [1.29, 1.82) is 5.26 Å². The van der Waals surface area contributed by atoms with Crippen molar-refractivity contribution < 1.29 is 14.2 Å². The number of imidazole rings is 1. The van der Waals surface area contributed by atoms with E-state index in [-0.39, 0.29) is 6.61 Å². The van der Waals surface area contributed by atoms with Crippen molar-refractivity contribution in [2.24, 2.45) is 0 Å². The molecule has 3 heterocycles. The second-order valence-electron chi connectivity index (χ2n) is 8.81. The van der Waals surface area contributed by atoms with E-state index < -0.39 is 11.9 Å². The number of halogens is 1. The largest absolute Gasteiger partial charge is 0.488 e. The lowest BCUT2D eigenvalue weighted by Crippen LogP contribution is -2.08. The highest BCUT2D eigenvalue weighted by Gasteiger charge is 2.33. The van der Waals surface area contributed by atoms with Crippen molar-refractivity contribution in [2.75, 3.05) is 0 Å². The summed E-state index contributed by atoms with van der Waals surface area (Å²) in [6, 6.07) is 14.1. The molecule has 1 N–H and O–H groups in total. The van der Waals surface area contributed by atoms with Gasteiger partial charge in [-0.2, -0.15) is 5.26 Å². The maximum Gasteiger partial charge on any atom is 0.234 e. The number of benzene rings is 2. The number of hydrogen-bond acceptors (Lipinski definition) is 5. The average Bonchev–Trinajstić information content (AvgIpc) is 3.65. The molecule has 1 aliphatic heterocycles. The molecule has 2 aliphatic rings. The number of allylic oxidation sites excluding steroid dienone is 1. The number of nitrogens with zero attached hydrogens (tertiary/aromatic N) is 4. The van der Waals surface area contributed by atoms with E-state index in [0.717, 1.165) is 35.4 Å². The summed E-state index contributed by atoms with van der Waals surface area (Å²) in [5, 5.41) is 21.2. The minimum Gasteiger partial charge on any atom is -0.488 e. The highest BCUT2D eigenvalue weighted by atomic mass is 19.1. The molecule has 1 unspecified atom stereocenters. The Hall–Kier alpha value is -4.02. The number of aliphatic hydroxyl groups is 1. The van der Waals surface area contributed by atoms with Gasteiger partial charge in [0, 0.05) is 41.1 Å². The van der Waals surface area contributed by atoms with E-state index >= 15 is 0 Å². The van der Waals surface area contributed by atoms with E-state index in [1.165, 1.54) is 12.1 Å². The van der Waals surface area contributed by atoms with E-state index in [9.17, 15) is 14.8 Å². The van der Waals surface area contributed by atoms with Gasteiger partial charge in [-0.3, -0.25) is 4.40 Å². The first-order valence-electron chi connectivity index (χ1n) is 11.2. The van der Waals surface area contributed by atoms with Crippen LogP contribution in [-0.4, -0.2) is 19.5 Å². The fourth-order valence-electron chi connectivity index (χ4n) is 4.74. The fourth-order valence-corrected chi connectivity index (χ4v) is 4.74. The van der Waals surface area contributed by atoms with E-state index in [1.807, 2.05) is 34.9 Å². The van der Waals surface area contributed by atoms with E-state index in [0.29, 0.717) is 39.7 Å². The monoisotopic (exact) mass is 452 g/mol. The quantitative estimate of drug-likeness (QED) is 0.439. The Morgan fingerprint density at radius 2 is 2.06 bits per heavy atom. The van der Waals surface area contributed by atoms with E-state index in [4.69, 9.17) is 9.72 Å². The van der Waals surface area contributed by atoms with Gasteiger partial charge in [-0.05, 0) is 60.7 Å². The third-order valence-corrected chi connectivity index (χ3v) is 6.55. The first-order valence-corrected chi connectivity index (χ1v) is 11.2. The Balaban J connectivity index is 1.48. The van der Waals surface area contributed by atoms with Crippen LogP contribution in [0, 0.1) is 17.1 Å². The van der Waals surface area contributed by atoms with Crippen molar-refractivity contribution in [3.63, 3.8) is 0 Å². The summed E-state index contributed by atoms with van der Waals surface area (Å²) < 4.78 is 21.7. The minimum atomic E-state index is -0.910. The summed E-state index contributed by atoms with van der Waals surface area (Å²) in [7, 11) is 0. The summed E-state index contributed by atoms with van der Waals surface area (Å²) in [6.45, 7) is 1.94. The van der Waals surface area contributed by atoms with Crippen LogP contribution in [0.4, 0.5) is 4.39 Å². The highest BCUT2D eigenvalue weighted by molar-refractivity contribution is 5.88. The Morgan fingerprint density at radius 3 is 2.85 bits per heavy atom. The third-order valence-electron chi connectivity index (χ3n) is 6.55. The lowest BCUT2D eigenvalue weighted by molar-refractivity contribution is 0.212. The van der Waals surface area contributed by atoms with Gasteiger partial charge in [0.1, 0.15) is 24.3 Å². The van der Waals surface area contributed by atoms with Gasteiger partial charge < -0.3 is 9.84 Å².